The van der Waals surface area contributed by atoms with Crippen molar-refractivity contribution in [3.05, 3.63) is 29.3 Å². The number of carbonyl (C=O) groups excluding carboxylic acids is 3. The maximum Gasteiger partial charge on any atom is 0.262 e. The highest BCUT2D eigenvalue weighted by Crippen LogP contribution is 2.33. The Labute approximate surface area is 144 Å². The van der Waals surface area contributed by atoms with Crippen LogP contribution in [0, 0.1) is 5.92 Å². The van der Waals surface area contributed by atoms with Crippen LogP contribution in [0.25, 0.3) is 0 Å². The smallest absolute Gasteiger partial charge is 0.262 e. The van der Waals surface area contributed by atoms with Gasteiger partial charge in [-0.3, -0.25) is 19.8 Å². The highest BCUT2D eigenvalue weighted by atomic mass is 16.3. The van der Waals surface area contributed by atoms with Crippen LogP contribution in [0.2, 0.25) is 0 Å². The second-order valence-corrected chi connectivity index (χ2v) is 6.78. The molecule has 1 aromatic carbocycles. The van der Waals surface area contributed by atoms with Crippen molar-refractivity contribution in [2.45, 2.75) is 31.3 Å². The van der Waals surface area contributed by atoms with E-state index in [0.717, 1.165) is 16.9 Å². The number of rotatable bonds is 3. The Morgan fingerprint density at radius 3 is 2.48 bits per heavy atom. The normalized spacial score (nSPS) is 29.6. The Morgan fingerprint density at radius 1 is 1.08 bits per heavy atom. The molecule has 3 aliphatic heterocycles. The number of piperidine rings is 1. The summed E-state index contributed by atoms with van der Waals surface area (Å²) in [5, 5.41) is 22.2. The first-order valence-electron chi connectivity index (χ1n) is 8.34. The molecule has 0 spiro atoms. The summed E-state index contributed by atoms with van der Waals surface area (Å²) in [4.78, 5) is 39.2. The molecule has 0 aliphatic carbocycles. The molecular weight excluding hydrogens is 326 g/mol. The fraction of sp³-hybridized carbons (Fsp3) is 0.471. The van der Waals surface area contributed by atoms with Crippen LogP contribution in [0.3, 0.4) is 0 Å². The van der Waals surface area contributed by atoms with Crippen molar-refractivity contribution in [3.8, 4) is 0 Å². The summed E-state index contributed by atoms with van der Waals surface area (Å²) < 4.78 is 0. The fourth-order valence-electron chi connectivity index (χ4n) is 3.70. The van der Waals surface area contributed by atoms with E-state index in [-0.39, 0.29) is 5.92 Å². The molecule has 132 valence electrons. The van der Waals surface area contributed by atoms with Gasteiger partial charge in [0.25, 0.3) is 11.8 Å². The van der Waals surface area contributed by atoms with Crippen molar-refractivity contribution in [3.63, 3.8) is 0 Å². The molecule has 0 saturated carbocycles. The Kier molecular flexibility index (Phi) is 3.82. The topological polar surface area (TPSA) is 110 Å². The number of nitrogens with one attached hydrogen (secondary N) is 1. The maximum atomic E-state index is 12.8. The SMILES string of the molecule is O=CC1CN(c2ccc3c(c2)C(=O)N(C2CCC(O)NC2O)C3=O)C1. The summed E-state index contributed by atoms with van der Waals surface area (Å²) in [6.45, 7) is 1.22. The van der Waals surface area contributed by atoms with Crippen molar-refractivity contribution in [1.82, 2.24) is 10.2 Å². The van der Waals surface area contributed by atoms with Crippen molar-refractivity contribution in [2.75, 3.05) is 18.0 Å². The van der Waals surface area contributed by atoms with Gasteiger partial charge < -0.3 is 19.9 Å². The molecule has 8 nitrogen and oxygen atoms in total. The van der Waals surface area contributed by atoms with Crippen LogP contribution >= 0.6 is 0 Å². The lowest BCUT2D eigenvalue weighted by Gasteiger charge is -2.38. The van der Waals surface area contributed by atoms with E-state index in [0.29, 0.717) is 37.1 Å². The predicted molar refractivity (Wildman–Crippen MR) is 86.9 cm³/mol. The third-order valence-electron chi connectivity index (χ3n) is 5.16. The summed E-state index contributed by atoms with van der Waals surface area (Å²) in [7, 11) is 0. The number of aliphatic hydroxyl groups is 2. The van der Waals surface area contributed by atoms with E-state index in [9.17, 15) is 24.6 Å². The molecule has 3 aliphatic rings. The van der Waals surface area contributed by atoms with E-state index in [1.165, 1.54) is 0 Å². The molecule has 2 saturated heterocycles. The first-order chi connectivity index (χ1) is 12.0. The number of hydrogen-bond donors (Lipinski definition) is 3. The highest BCUT2D eigenvalue weighted by Gasteiger charge is 2.44. The van der Waals surface area contributed by atoms with E-state index < -0.39 is 30.3 Å². The molecular formula is C17H19N3O5. The quantitative estimate of drug-likeness (QED) is 0.491. The number of aliphatic hydroxyl groups excluding tert-OH is 2. The molecule has 1 aromatic rings. The minimum absolute atomic E-state index is 0.0111. The average Bonchev–Trinajstić information content (AvgIpc) is 2.78. The number of fused-ring (bicyclic) bond motifs is 1. The average molecular weight is 345 g/mol. The van der Waals surface area contributed by atoms with Crippen molar-refractivity contribution >= 4 is 23.8 Å². The number of aldehydes is 1. The molecule has 3 heterocycles. The lowest BCUT2D eigenvalue weighted by molar-refractivity contribution is -0.111. The Morgan fingerprint density at radius 2 is 1.80 bits per heavy atom. The molecule has 3 atom stereocenters. The largest absolute Gasteiger partial charge is 0.379 e. The second-order valence-electron chi connectivity index (χ2n) is 6.78. The zero-order chi connectivity index (χ0) is 17.7. The Hall–Kier alpha value is -2.29. The molecule has 0 bridgehead atoms. The molecule has 2 fully saturated rings. The van der Waals surface area contributed by atoms with Gasteiger partial charge in [-0.2, -0.15) is 0 Å². The third kappa shape index (κ3) is 2.53. The van der Waals surface area contributed by atoms with Gasteiger partial charge in [0.1, 0.15) is 18.7 Å². The molecule has 3 N–H and O–H groups in total. The van der Waals surface area contributed by atoms with Crippen LogP contribution in [0.4, 0.5) is 5.69 Å². The molecule has 2 amide bonds. The monoisotopic (exact) mass is 345 g/mol. The Balaban J connectivity index is 1.58. The summed E-state index contributed by atoms with van der Waals surface area (Å²) in [6.07, 6.45) is -0.395. The van der Waals surface area contributed by atoms with Gasteiger partial charge in [-0.25, -0.2) is 0 Å². The summed E-state index contributed by atoms with van der Waals surface area (Å²) >= 11 is 0. The fourth-order valence-corrected chi connectivity index (χ4v) is 3.70. The van der Waals surface area contributed by atoms with Gasteiger partial charge in [0.05, 0.1) is 17.2 Å². The van der Waals surface area contributed by atoms with Crippen molar-refractivity contribution < 1.29 is 24.6 Å². The van der Waals surface area contributed by atoms with Crippen LogP contribution in [0.15, 0.2) is 18.2 Å². The standard InChI is InChI=1S/C17H19N3O5/c21-8-9-6-19(7-9)10-1-2-11-12(5-10)17(25)20(16(11)24)13-3-4-14(22)18-15(13)23/h1-2,5,8-9,13-15,18,22-23H,3-4,6-7H2. The van der Waals surface area contributed by atoms with Gasteiger partial charge in [-0.05, 0) is 31.0 Å². The van der Waals surface area contributed by atoms with E-state index in [1.54, 1.807) is 18.2 Å². The van der Waals surface area contributed by atoms with Crippen LogP contribution in [0.1, 0.15) is 33.6 Å². The number of carbonyl (C=O) groups is 3. The predicted octanol–water partition coefficient (Wildman–Crippen LogP) is -0.693. The van der Waals surface area contributed by atoms with Gasteiger partial charge >= 0.3 is 0 Å². The minimum Gasteiger partial charge on any atom is -0.379 e. The van der Waals surface area contributed by atoms with Crippen LogP contribution < -0.4 is 10.2 Å². The lowest BCUT2D eigenvalue weighted by atomic mass is 9.99. The number of imide groups is 1. The Bertz CT molecular complexity index is 746. The van der Waals surface area contributed by atoms with Crippen molar-refractivity contribution in [2.24, 2.45) is 5.92 Å². The number of anilines is 1. The number of nitrogens with zero attached hydrogens (tertiary/aromatic N) is 2. The second kappa shape index (κ2) is 5.91. The first kappa shape index (κ1) is 16.2. The highest BCUT2D eigenvalue weighted by molar-refractivity contribution is 6.22. The molecule has 3 unspecified atom stereocenters. The first-order valence-corrected chi connectivity index (χ1v) is 8.34. The van der Waals surface area contributed by atoms with E-state index in [2.05, 4.69) is 5.32 Å². The third-order valence-corrected chi connectivity index (χ3v) is 5.16. The van der Waals surface area contributed by atoms with E-state index in [4.69, 9.17) is 0 Å². The lowest BCUT2D eigenvalue weighted by Crippen LogP contribution is -2.58. The summed E-state index contributed by atoms with van der Waals surface area (Å²) in [5.74, 6) is -0.850. The molecule has 25 heavy (non-hydrogen) atoms. The number of hydrogen-bond acceptors (Lipinski definition) is 7. The minimum atomic E-state index is -1.16. The van der Waals surface area contributed by atoms with Gasteiger partial charge in [0, 0.05) is 24.7 Å². The van der Waals surface area contributed by atoms with Gasteiger partial charge in [0.15, 0.2) is 0 Å². The van der Waals surface area contributed by atoms with E-state index in [1.807, 2.05) is 4.90 Å². The molecule has 0 radical (unpaired) electrons. The number of amides is 2. The molecule has 8 heteroatoms. The van der Waals surface area contributed by atoms with Crippen LogP contribution in [-0.2, 0) is 4.79 Å². The molecule has 4 rings (SSSR count). The van der Waals surface area contributed by atoms with Crippen molar-refractivity contribution in [1.29, 1.82) is 0 Å². The summed E-state index contributed by atoms with van der Waals surface area (Å²) in [5.41, 5.74) is 1.44. The van der Waals surface area contributed by atoms with Gasteiger partial charge in [-0.1, -0.05) is 0 Å². The zero-order valence-corrected chi connectivity index (χ0v) is 13.5. The van der Waals surface area contributed by atoms with Gasteiger partial charge in [-0.15, -0.1) is 0 Å². The number of benzene rings is 1. The maximum absolute atomic E-state index is 12.8. The van der Waals surface area contributed by atoms with Crippen LogP contribution in [0.5, 0.6) is 0 Å². The van der Waals surface area contributed by atoms with E-state index >= 15 is 0 Å². The zero-order valence-electron chi connectivity index (χ0n) is 13.5. The summed E-state index contributed by atoms with van der Waals surface area (Å²) in [6, 6.07) is 4.36. The van der Waals surface area contributed by atoms with Gasteiger partial charge in [0.2, 0.25) is 0 Å². The molecule has 0 aromatic heterocycles. The van der Waals surface area contributed by atoms with Crippen LogP contribution in [-0.4, -0.2) is 64.8 Å².